The second kappa shape index (κ2) is 4.57. The molecule has 4 nitrogen and oxygen atoms in total. The molecular weight excluding hydrogens is 200 g/mol. The molecule has 5 heteroatoms. The number of anilines is 1. The molecule has 1 heterocycles. The lowest BCUT2D eigenvalue weighted by Gasteiger charge is -2.18. The van der Waals surface area contributed by atoms with Crippen molar-refractivity contribution in [2.24, 2.45) is 5.73 Å². The van der Waals surface area contributed by atoms with E-state index in [1.165, 1.54) is 0 Å². The van der Waals surface area contributed by atoms with Crippen LogP contribution < -0.4 is 11.1 Å². The number of nitrogens with one attached hydrogen (secondary N) is 1. The van der Waals surface area contributed by atoms with Crippen LogP contribution in [0.5, 0.6) is 0 Å². The minimum atomic E-state index is -0.167. The summed E-state index contributed by atoms with van der Waals surface area (Å²) in [7, 11) is 0. The second-order valence-electron chi connectivity index (χ2n) is 3.89. The standard InChI is InChI=1S/C9H15ClN4/c1-9(2,11)3-4-12-8-13-5-7(10)6-14-8/h5-6H,3-4,11H2,1-2H3,(H,12,13,14). The minimum absolute atomic E-state index is 0.167. The van der Waals surface area contributed by atoms with Crippen molar-refractivity contribution < 1.29 is 0 Å². The first-order valence-electron chi connectivity index (χ1n) is 4.48. The van der Waals surface area contributed by atoms with Gasteiger partial charge in [0.1, 0.15) is 0 Å². The van der Waals surface area contributed by atoms with Crippen LogP contribution in [0.25, 0.3) is 0 Å². The highest BCUT2D eigenvalue weighted by Crippen LogP contribution is 2.07. The van der Waals surface area contributed by atoms with Gasteiger partial charge in [-0.25, -0.2) is 9.97 Å². The molecule has 0 amide bonds. The van der Waals surface area contributed by atoms with Gasteiger partial charge in [0.05, 0.1) is 17.4 Å². The van der Waals surface area contributed by atoms with Crippen LogP contribution >= 0.6 is 11.6 Å². The van der Waals surface area contributed by atoms with Gasteiger partial charge < -0.3 is 11.1 Å². The zero-order chi connectivity index (χ0) is 10.6. The highest BCUT2D eigenvalue weighted by molar-refractivity contribution is 6.30. The van der Waals surface area contributed by atoms with Crippen molar-refractivity contribution >= 4 is 17.5 Å². The average Bonchev–Trinajstić information content (AvgIpc) is 2.06. The lowest BCUT2D eigenvalue weighted by atomic mass is 10.0. The summed E-state index contributed by atoms with van der Waals surface area (Å²) in [4.78, 5) is 8.01. The third-order valence-electron chi connectivity index (χ3n) is 1.67. The Hall–Kier alpha value is -0.870. The number of nitrogens with zero attached hydrogens (tertiary/aromatic N) is 2. The van der Waals surface area contributed by atoms with E-state index in [9.17, 15) is 0 Å². The molecule has 0 aromatic carbocycles. The van der Waals surface area contributed by atoms with Crippen molar-refractivity contribution in [2.45, 2.75) is 25.8 Å². The fraction of sp³-hybridized carbons (Fsp3) is 0.556. The maximum Gasteiger partial charge on any atom is 0.222 e. The average molecular weight is 215 g/mol. The summed E-state index contributed by atoms with van der Waals surface area (Å²) >= 11 is 5.65. The molecule has 0 aliphatic heterocycles. The number of nitrogens with two attached hydrogens (primary N) is 1. The van der Waals surface area contributed by atoms with E-state index < -0.39 is 0 Å². The molecule has 1 aromatic heterocycles. The molecule has 0 spiro atoms. The van der Waals surface area contributed by atoms with E-state index in [0.717, 1.165) is 13.0 Å². The van der Waals surface area contributed by atoms with Crippen LogP contribution in [-0.4, -0.2) is 22.1 Å². The summed E-state index contributed by atoms with van der Waals surface area (Å²) in [5.41, 5.74) is 5.65. The Balaban J connectivity index is 2.35. The summed E-state index contributed by atoms with van der Waals surface area (Å²) < 4.78 is 0. The van der Waals surface area contributed by atoms with Gasteiger partial charge in [-0.05, 0) is 20.3 Å². The second-order valence-corrected chi connectivity index (χ2v) is 4.33. The van der Waals surface area contributed by atoms with Gasteiger partial charge in [0.15, 0.2) is 0 Å². The number of aromatic nitrogens is 2. The largest absolute Gasteiger partial charge is 0.354 e. The minimum Gasteiger partial charge on any atom is -0.354 e. The van der Waals surface area contributed by atoms with E-state index >= 15 is 0 Å². The third kappa shape index (κ3) is 4.39. The number of hydrogen-bond donors (Lipinski definition) is 2. The summed E-state index contributed by atoms with van der Waals surface area (Å²) in [6.07, 6.45) is 3.98. The molecule has 1 rings (SSSR count). The van der Waals surface area contributed by atoms with Crippen molar-refractivity contribution in [3.05, 3.63) is 17.4 Å². The summed E-state index contributed by atoms with van der Waals surface area (Å²) in [5.74, 6) is 0.582. The van der Waals surface area contributed by atoms with Crippen LogP contribution in [0.15, 0.2) is 12.4 Å². The molecule has 78 valence electrons. The predicted molar refractivity (Wildman–Crippen MR) is 58.4 cm³/mol. The molecule has 0 saturated heterocycles. The summed E-state index contributed by atoms with van der Waals surface area (Å²) in [6.45, 7) is 4.72. The maximum atomic E-state index is 5.82. The fourth-order valence-electron chi connectivity index (χ4n) is 0.900. The highest BCUT2D eigenvalue weighted by Gasteiger charge is 2.09. The molecule has 0 aliphatic rings. The van der Waals surface area contributed by atoms with Crippen molar-refractivity contribution in [2.75, 3.05) is 11.9 Å². The summed E-state index contributed by atoms with van der Waals surface area (Å²) in [6, 6.07) is 0. The first kappa shape index (κ1) is 11.2. The van der Waals surface area contributed by atoms with Crippen LogP contribution in [0.3, 0.4) is 0 Å². The smallest absolute Gasteiger partial charge is 0.222 e. The van der Waals surface area contributed by atoms with E-state index in [-0.39, 0.29) is 5.54 Å². The quantitative estimate of drug-likeness (QED) is 0.801. The van der Waals surface area contributed by atoms with Gasteiger partial charge in [0.2, 0.25) is 5.95 Å². The van der Waals surface area contributed by atoms with Crippen molar-refractivity contribution in [3.63, 3.8) is 0 Å². The number of rotatable bonds is 4. The fourth-order valence-corrected chi connectivity index (χ4v) is 0.998. The zero-order valence-electron chi connectivity index (χ0n) is 8.42. The van der Waals surface area contributed by atoms with Crippen LogP contribution in [0.1, 0.15) is 20.3 Å². The van der Waals surface area contributed by atoms with Gasteiger partial charge in [-0.1, -0.05) is 11.6 Å². The molecule has 0 saturated carbocycles. The number of halogens is 1. The molecule has 0 radical (unpaired) electrons. The van der Waals surface area contributed by atoms with Gasteiger partial charge in [-0.2, -0.15) is 0 Å². The Labute approximate surface area is 88.9 Å². The van der Waals surface area contributed by atoms with Gasteiger partial charge in [-0.15, -0.1) is 0 Å². The molecular formula is C9H15ClN4. The SMILES string of the molecule is CC(C)(N)CCNc1ncc(Cl)cn1. The van der Waals surface area contributed by atoms with E-state index in [1.54, 1.807) is 12.4 Å². The summed E-state index contributed by atoms with van der Waals surface area (Å²) in [5, 5.41) is 3.60. The molecule has 0 atom stereocenters. The Morgan fingerprint density at radius 1 is 1.43 bits per heavy atom. The van der Waals surface area contributed by atoms with Crippen molar-refractivity contribution in [1.29, 1.82) is 0 Å². The molecule has 14 heavy (non-hydrogen) atoms. The molecule has 0 aliphatic carbocycles. The molecule has 0 fully saturated rings. The van der Waals surface area contributed by atoms with Gasteiger partial charge in [-0.3, -0.25) is 0 Å². The Morgan fingerprint density at radius 3 is 2.50 bits per heavy atom. The topological polar surface area (TPSA) is 63.8 Å². The van der Waals surface area contributed by atoms with Crippen LogP contribution in [0.4, 0.5) is 5.95 Å². The first-order valence-corrected chi connectivity index (χ1v) is 4.85. The molecule has 0 unspecified atom stereocenters. The Kier molecular flexibility index (Phi) is 3.66. The van der Waals surface area contributed by atoms with Crippen LogP contribution in [0, 0.1) is 0 Å². The van der Waals surface area contributed by atoms with Gasteiger partial charge in [0, 0.05) is 12.1 Å². The highest BCUT2D eigenvalue weighted by atomic mass is 35.5. The predicted octanol–water partition coefficient (Wildman–Crippen LogP) is 1.67. The monoisotopic (exact) mass is 214 g/mol. The lowest BCUT2D eigenvalue weighted by molar-refractivity contribution is 0.490. The number of hydrogen-bond acceptors (Lipinski definition) is 4. The molecule has 3 N–H and O–H groups in total. The van der Waals surface area contributed by atoms with Crippen molar-refractivity contribution in [1.82, 2.24) is 9.97 Å². The van der Waals surface area contributed by atoms with E-state index in [0.29, 0.717) is 11.0 Å². The van der Waals surface area contributed by atoms with E-state index in [2.05, 4.69) is 15.3 Å². The van der Waals surface area contributed by atoms with Crippen LogP contribution in [-0.2, 0) is 0 Å². The molecule has 1 aromatic rings. The normalized spacial score (nSPS) is 11.4. The maximum absolute atomic E-state index is 5.82. The van der Waals surface area contributed by atoms with Gasteiger partial charge >= 0.3 is 0 Å². The molecule has 0 bridgehead atoms. The van der Waals surface area contributed by atoms with Crippen molar-refractivity contribution in [3.8, 4) is 0 Å². The van der Waals surface area contributed by atoms with Crippen LogP contribution in [0.2, 0.25) is 5.02 Å². The first-order chi connectivity index (χ1) is 6.47. The Bertz CT molecular complexity index is 278. The Morgan fingerprint density at radius 2 is 2.00 bits per heavy atom. The zero-order valence-corrected chi connectivity index (χ0v) is 9.17. The lowest BCUT2D eigenvalue weighted by Crippen LogP contribution is -2.34. The van der Waals surface area contributed by atoms with Gasteiger partial charge in [0.25, 0.3) is 0 Å². The van der Waals surface area contributed by atoms with E-state index in [1.807, 2.05) is 13.8 Å². The van der Waals surface area contributed by atoms with E-state index in [4.69, 9.17) is 17.3 Å². The third-order valence-corrected chi connectivity index (χ3v) is 1.87.